The first-order chi connectivity index (χ1) is 12.1. The smallest absolute Gasteiger partial charge is 0.292 e. The summed E-state index contributed by atoms with van der Waals surface area (Å²) in [5.41, 5.74) is 2.11. The average molecular weight is 341 g/mol. The summed E-state index contributed by atoms with van der Waals surface area (Å²) in [7, 11) is 0. The van der Waals surface area contributed by atoms with Crippen molar-refractivity contribution in [2.24, 2.45) is 0 Å². The molecule has 3 rings (SSSR count). The molecule has 1 aliphatic rings. The number of para-hydroxylation sites is 1. The summed E-state index contributed by atoms with van der Waals surface area (Å²) >= 11 is 0. The van der Waals surface area contributed by atoms with Crippen LogP contribution >= 0.6 is 0 Å². The Hall–Kier alpha value is -2.14. The van der Waals surface area contributed by atoms with Gasteiger partial charge in [-0.2, -0.15) is 0 Å². The molecule has 1 saturated heterocycles. The average Bonchev–Trinajstić information content (AvgIpc) is 2.95. The second kappa shape index (κ2) is 7.83. The van der Waals surface area contributed by atoms with Crippen LogP contribution in [0.5, 0.6) is 0 Å². The number of hydrogen-bond donors (Lipinski definition) is 2. The highest BCUT2D eigenvalue weighted by molar-refractivity contribution is 6.45. The number of carbonyl (C=O) groups is 2. The number of rotatable bonds is 6. The van der Waals surface area contributed by atoms with Gasteiger partial charge in [0.15, 0.2) is 0 Å². The van der Waals surface area contributed by atoms with Gasteiger partial charge >= 0.3 is 0 Å². The van der Waals surface area contributed by atoms with E-state index in [0.717, 1.165) is 36.1 Å². The zero-order chi connectivity index (χ0) is 17.8. The Morgan fingerprint density at radius 2 is 2.08 bits per heavy atom. The summed E-state index contributed by atoms with van der Waals surface area (Å²) in [5, 5.41) is 3.60. The second-order valence-corrected chi connectivity index (χ2v) is 6.99. The predicted molar refractivity (Wildman–Crippen MR) is 99.9 cm³/mol. The molecule has 0 aliphatic carbocycles. The third-order valence-electron chi connectivity index (χ3n) is 5.18. The first kappa shape index (κ1) is 17.7. The van der Waals surface area contributed by atoms with Gasteiger partial charge in [-0.05, 0) is 45.7 Å². The van der Waals surface area contributed by atoms with Crippen LogP contribution in [0.1, 0.15) is 48.7 Å². The Labute approximate surface area is 148 Å². The summed E-state index contributed by atoms with van der Waals surface area (Å²) < 4.78 is 0. The van der Waals surface area contributed by atoms with Gasteiger partial charge < -0.3 is 15.2 Å². The number of Topliss-reactive ketones (excluding diaryl/α,β-unsaturated/α-hetero) is 1. The molecule has 134 valence electrons. The molecule has 1 fully saturated rings. The summed E-state index contributed by atoms with van der Waals surface area (Å²) in [6.07, 6.45) is 4.70. The number of aryl methyl sites for hydroxylation is 1. The molecule has 0 bridgehead atoms. The van der Waals surface area contributed by atoms with Gasteiger partial charge in [0.05, 0.1) is 5.56 Å². The molecule has 0 radical (unpaired) electrons. The normalized spacial score (nSPS) is 18.4. The summed E-state index contributed by atoms with van der Waals surface area (Å²) in [5.74, 6) is -0.971. The Morgan fingerprint density at radius 3 is 2.88 bits per heavy atom. The van der Waals surface area contributed by atoms with Gasteiger partial charge in [-0.25, -0.2) is 0 Å². The molecule has 0 saturated carbocycles. The maximum Gasteiger partial charge on any atom is 0.292 e. The largest absolute Gasteiger partial charge is 0.358 e. The highest BCUT2D eigenvalue weighted by Crippen LogP contribution is 2.22. The number of nitrogens with zero attached hydrogens (tertiary/aromatic N) is 1. The molecule has 1 atom stereocenters. The predicted octanol–water partition coefficient (Wildman–Crippen LogP) is 3.04. The molecule has 1 amide bonds. The van der Waals surface area contributed by atoms with Crippen LogP contribution in [0.25, 0.3) is 10.9 Å². The Kier molecular flexibility index (Phi) is 5.53. The van der Waals surface area contributed by atoms with E-state index in [-0.39, 0.29) is 0 Å². The van der Waals surface area contributed by atoms with Crippen LogP contribution in [0.2, 0.25) is 0 Å². The van der Waals surface area contributed by atoms with Crippen molar-refractivity contribution in [2.45, 2.75) is 45.6 Å². The lowest BCUT2D eigenvalue weighted by molar-refractivity contribution is -0.117. The van der Waals surface area contributed by atoms with Crippen molar-refractivity contribution in [3.63, 3.8) is 0 Å². The Bertz CT molecular complexity index is 765. The highest BCUT2D eigenvalue weighted by atomic mass is 16.2. The van der Waals surface area contributed by atoms with Crippen LogP contribution in [0.3, 0.4) is 0 Å². The van der Waals surface area contributed by atoms with E-state index < -0.39 is 11.7 Å². The molecule has 1 aromatic heterocycles. The fourth-order valence-corrected chi connectivity index (χ4v) is 3.74. The van der Waals surface area contributed by atoms with Crippen LogP contribution in [0.4, 0.5) is 0 Å². The molecule has 2 N–H and O–H groups in total. The highest BCUT2D eigenvalue weighted by Gasteiger charge is 2.22. The number of nitrogens with one attached hydrogen (secondary N) is 2. The van der Waals surface area contributed by atoms with E-state index in [4.69, 9.17) is 0 Å². The lowest BCUT2D eigenvalue weighted by atomic mass is 10.0. The topological polar surface area (TPSA) is 65.2 Å². The number of fused-ring (bicyclic) bond motifs is 1. The van der Waals surface area contributed by atoms with Crippen molar-refractivity contribution >= 4 is 22.6 Å². The SMILES string of the molecule is Cc1[nH]c2ccccc2c1C(=O)C(=O)NCCCN1CCCCC1C. The number of benzene rings is 1. The number of piperidine rings is 1. The molecule has 1 aromatic carbocycles. The number of ketones is 1. The van der Waals surface area contributed by atoms with E-state index in [0.29, 0.717) is 18.2 Å². The minimum Gasteiger partial charge on any atom is -0.358 e. The van der Waals surface area contributed by atoms with E-state index in [2.05, 4.69) is 22.1 Å². The molecule has 0 spiro atoms. The lowest BCUT2D eigenvalue weighted by Gasteiger charge is -2.33. The number of carbonyl (C=O) groups excluding carboxylic acids is 2. The molecule has 25 heavy (non-hydrogen) atoms. The van der Waals surface area contributed by atoms with Crippen LogP contribution in [-0.4, -0.2) is 47.3 Å². The maximum atomic E-state index is 12.5. The van der Waals surface area contributed by atoms with Crippen molar-refractivity contribution < 1.29 is 9.59 Å². The fraction of sp³-hybridized carbons (Fsp3) is 0.500. The van der Waals surface area contributed by atoms with E-state index in [9.17, 15) is 9.59 Å². The van der Waals surface area contributed by atoms with Crippen LogP contribution in [-0.2, 0) is 4.79 Å². The van der Waals surface area contributed by atoms with Crippen molar-refractivity contribution in [3.8, 4) is 0 Å². The van der Waals surface area contributed by atoms with E-state index in [1.54, 1.807) is 0 Å². The van der Waals surface area contributed by atoms with Crippen molar-refractivity contribution in [1.82, 2.24) is 15.2 Å². The molecular formula is C20H27N3O2. The molecular weight excluding hydrogens is 314 g/mol. The quantitative estimate of drug-likeness (QED) is 0.482. The monoisotopic (exact) mass is 341 g/mol. The van der Waals surface area contributed by atoms with Crippen LogP contribution in [0, 0.1) is 6.92 Å². The van der Waals surface area contributed by atoms with Gasteiger partial charge in [-0.3, -0.25) is 9.59 Å². The number of amides is 1. The zero-order valence-corrected chi connectivity index (χ0v) is 15.1. The van der Waals surface area contributed by atoms with Gasteiger partial charge in [0.2, 0.25) is 0 Å². The van der Waals surface area contributed by atoms with Crippen molar-refractivity contribution in [1.29, 1.82) is 0 Å². The number of aromatic amines is 1. The second-order valence-electron chi connectivity index (χ2n) is 6.99. The lowest BCUT2D eigenvalue weighted by Crippen LogP contribution is -2.39. The molecule has 1 aliphatic heterocycles. The van der Waals surface area contributed by atoms with Gasteiger partial charge in [-0.15, -0.1) is 0 Å². The molecule has 5 heteroatoms. The molecule has 1 unspecified atom stereocenters. The maximum absolute atomic E-state index is 12.5. The molecule has 5 nitrogen and oxygen atoms in total. The van der Waals surface area contributed by atoms with Gasteiger partial charge in [0.1, 0.15) is 0 Å². The minimum atomic E-state index is -0.514. The van der Waals surface area contributed by atoms with Crippen LogP contribution in [0.15, 0.2) is 24.3 Å². The van der Waals surface area contributed by atoms with Gasteiger partial charge in [-0.1, -0.05) is 24.6 Å². The van der Waals surface area contributed by atoms with E-state index >= 15 is 0 Å². The van der Waals surface area contributed by atoms with Crippen molar-refractivity contribution in [2.75, 3.05) is 19.6 Å². The number of likely N-dealkylation sites (tertiary alicyclic amines) is 1. The third-order valence-corrected chi connectivity index (χ3v) is 5.18. The summed E-state index contributed by atoms with van der Waals surface area (Å²) in [4.78, 5) is 30.5. The first-order valence-electron chi connectivity index (χ1n) is 9.22. The molecule has 2 heterocycles. The van der Waals surface area contributed by atoms with E-state index in [1.807, 2.05) is 31.2 Å². The minimum absolute atomic E-state index is 0.457. The van der Waals surface area contributed by atoms with Crippen molar-refractivity contribution in [3.05, 3.63) is 35.5 Å². The zero-order valence-electron chi connectivity index (χ0n) is 15.1. The fourth-order valence-electron chi connectivity index (χ4n) is 3.74. The standard InChI is InChI=1S/C20H27N3O2/c1-14-8-5-6-12-23(14)13-7-11-21-20(25)19(24)18-15(2)22-17-10-4-3-9-16(17)18/h3-4,9-10,14,22H,5-8,11-13H2,1-2H3,(H,21,25). The Morgan fingerprint density at radius 1 is 1.28 bits per heavy atom. The number of aromatic nitrogens is 1. The van der Waals surface area contributed by atoms with E-state index in [1.165, 1.54) is 19.3 Å². The Balaban J connectivity index is 1.54. The van der Waals surface area contributed by atoms with Crippen LogP contribution < -0.4 is 5.32 Å². The summed E-state index contributed by atoms with van der Waals surface area (Å²) in [6, 6.07) is 8.20. The number of H-pyrrole nitrogens is 1. The first-order valence-corrected chi connectivity index (χ1v) is 9.22. The number of hydrogen-bond acceptors (Lipinski definition) is 3. The molecule has 2 aromatic rings. The summed E-state index contributed by atoms with van der Waals surface area (Å²) in [6.45, 7) is 6.75. The van der Waals surface area contributed by atoms with Gasteiger partial charge in [0, 0.05) is 35.7 Å². The third kappa shape index (κ3) is 3.93. The van der Waals surface area contributed by atoms with Gasteiger partial charge in [0.25, 0.3) is 11.7 Å².